The van der Waals surface area contributed by atoms with E-state index in [1.807, 2.05) is 24.3 Å². The average molecular weight is 416 g/mol. The maximum atomic E-state index is 11.9. The first-order valence-electron chi connectivity index (χ1n) is 6.39. The number of rotatable bonds is 2. The van der Waals surface area contributed by atoms with Gasteiger partial charge in [0.05, 0.1) is 23.0 Å². The molecule has 0 amide bonds. The van der Waals surface area contributed by atoms with Crippen LogP contribution in [0, 0.1) is 0 Å². The molecule has 0 atom stereocenters. The number of benzene rings is 1. The van der Waals surface area contributed by atoms with Crippen molar-refractivity contribution in [2.45, 2.75) is 26.2 Å². The van der Waals surface area contributed by atoms with Crippen LogP contribution in [-0.2, 0) is 10.2 Å². The molecular weight excluding hydrogens is 400 g/mol. The lowest BCUT2D eigenvalue weighted by molar-refractivity contribution is 0.0592. The number of hydrogen-bond donors (Lipinski definition) is 0. The summed E-state index contributed by atoms with van der Waals surface area (Å²) in [4.78, 5) is 11.9. The third-order valence-electron chi connectivity index (χ3n) is 2.97. The molecule has 1 aromatic carbocycles. The standard InChI is InChI=1S/C15H16Br2N2O2/c1-15(2,3)13-11(17)12(14(20)21-4)18-19(13)10-7-5-6-9(16)8-10/h5-8H,1-4H3. The Morgan fingerprint density at radius 3 is 2.48 bits per heavy atom. The molecule has 0 aliphatic carbocycles. The normalized spacial score (nSPS) is 11.5. The van der Waals surface area contributed by atoms with E-state index < -0.39 is 5.97 Å². The van der Waals surface area contributed by atoms with Crippen LogP contribution in [0.3, 0.4) is 0 Å². The van der Waals surface area contributed by atoms with Crippen LogP contribution in [0.25, 0.3) is 5.69 Å². The van der Waals surface area contributed by atoms with E-state index in [0.29, 0.717) is 4.47 Å². The molecule has 0 bridgehead atoms. The average Bonchev–Trinajstić information content (AvgIpc) is 2.75. The zero-order chi connectivity index (χ0) is 15.8. The van der Waals surface area contributed by atoms with Gasteiger partial charge in [-0.3, -0.25) is 0 Å². The molecule has 112 valence electrons. The van der Waals surface area contributed by atoms with Gasteiger partial charge in [-0.1, -0.05) is 42.8 Å². The molecule has 0 N–H and O–H groups in total. The number of halogens is 2. The Hall–Kier alpha value is -1.14. The molecule has 0 aliphatic rings. The van der Waals surface area contributed by atoms with Gasteiger partial charge in [-0.25, -0.2) is 9.48 Å². The molecule has 2 aromatic rings. The molecule has 1 heterocycles. The number of ether oxygens (including phenoxy) is 1. The number of carbonyl (C=O) groups excluding carboxylic acids is 1. The van der Waals surface area contributed by atoms with E-state index in [2.05, 4.69) is 57.7 Å². The summed E-state index contributed by atoms with van der Waals surface area (Å²) in [5.74, 6) is -0.457. The number of aromatic nitrogens is 2. The molecule has 6 heteroatoms. The first-order valence-corrected chi connectivity index (χ1v) is 7.97. The maximum Gasteiger partial charge on any atom is 0.359 e. The molecular formula is C15H16Br2N2O2. The Labute approximate surface area is 140 Å². The summed E-state index contributed by atoms with van der Waals surface area (Å²) in [6, 6.07) is 7.77. The highest BCUT2D eigenvalue weighted by Gasteiger charge is 2.30. The topological polar surface area (TPSA) is 44.1 Å². The lowest BCUT2D eigenvalue weighted by atomic mass is 9.91. The van der Waals surface area contributed by atoms with Gasteiger partial charge in [0.25, 0.3) is 0 Å². The van der Waals surface area contributed by atoms with Gasteiger partial charge >= 0.3 is 5.97 Å². The van der Waals surface area contributed by atoms with E-state index in [1.165, 1.54) is 7.11 Å². The Balaban J connectivity index is 2.73. The molecule has 0 unspecified atom stereocenters. The maximum absolute atomic E-state index is 11.9. The van der Waals surface area contributed by atoms with Crippen LogP contribution in [-0.4, -0.2) is 22.9 Å². The van der Waals surface area contributed by atoms with Crippen LogP contribution >= 0.6 is 31.9 Å². The Morgan fingerprint density at radius 1 is 1.29 bits per heavy atom. The zero-order valence-corrected chi connectivity index (χ0v) is 15.4. The van der Waals surface area contributed by atoms with Crippen molar-refractivity contribution in [1.29, 1.82) is 0 Å². The second kappa shape index (κ2) is 5.93. The van der Waals surface area contributed by atoms with E-state index in [4.69, 9.17) is 4.74 Å². The number of hydrogen-bond acceptors (Lipinski definition) is 3. The molecule has 1 aromatic heterocycles. The van der Waals surface area contributed by atoms with Crippen molar-refractivity contribution in [3.05, 3.63) is 44.6 Å². The number of esters is 1. The Bertz CT molecular complexity index is 687. The number of carbonyl (C=O) groups is 1. The highest BCUT2D eigenvalue weighted by atomic mass is 79.9. The summed E-state index contributed by atoms with van der Waals surface area (Å²) in [6.45, 7) is 6.22. The van der Waals surface area contributed by atoms with Crippen molar-refractivity contribution in [3.63, 3.8) is 0 Å². The first-order chi connectivity index (χ1) is 9.75. The molecule has 0 aliphatic heterocycles. The largest absolute Gasteiger partial charge is 0.464 e. The fourth-order valence-corrected chi connectivity index (χ4v) is 3.46. The van der Waals surface area contributed by atoms with Gasteiger partial charge in [-0.05, 0) is 34.1 Å². The van der Waals surface area contributed by atoms with Crippen molar-refractivity contribution in [3.8, 4) is 5.69 Å². The molecule has 21 heavy (non-hydrogen) atoms. The second-order valence-electron chi connectivity index (χ2n) is 5.64. The van der Waals surface area contributed by atoms with Gasteiger partial charge in [0, 0.05) is 9.89 Å². The Morgan fingerprint density at radius 2 is 1.95 bits per heavy atom. The van der Waals surface area contributed by atoms with Crippen LogP contribution in [0.2, 0.25) is 0 Å². The molecule has 2 rings (SSSR count). The highest BCUT2D eigenvalue weighted by molar-refractivity contribution is 9.10. The smallest absolute Gasteiger partial charge is 0.359 e. The predicted molar refractivity (Wildman–Crippen MR) is 89.0 cm³/mol. The molecule has 0 saturated carbocycles. The van der Waals surface area contributed by atoms with Crippen molar-refractivity contribution >= 4 is 37.8 Å². The minimum absolute atomic E-state index is 0.194. The molecule has 0 saturated heterocycles. The number of nitrogens with zero attached hydrogens (tertiary/aromatic N) is 2. The van der Waals surface area contributed by atoms with Crippen molar-refractivity contribution < 1.29 is 9.53 Å². The summed E-state index contributed by atoms with van der Waals surface area (Å²) in [5, 5.41) is 4.43. The monoisotopic (exact) mass is 414 g/mol. The molecule has 0 spiro atoms. The van der Waals surface area contributed by atoms with Gasteiger partial charge in [-0.2, -0.15) is 5.10 Å². The summed E-state index contributed by atoms with van der Waals surface area (Å²) < 4.78 is 8.20. The van der Waals surface area contributed by atoms with Gasteiger partial charge < -0.3 is 4.74 Å². The Kier molecular flexibility index (Phi) is 4.58. The molecule has 0 fully saturated rings. The van der Waals surface area contributed by atoms with Crippen LogP contribution in [0.1, 0.15) is 37.0 Å². The van der Waals surface area contributed by atoms with Crippen LogP contribution in [0.5, 0.6) is 0 Å². The quantitative estimate of drug-likeness (QED) is 0.679. The minimum Gasteiger partial charge on any atom is -0.464 e. The second-order valence-corrected chi connectivity index (χ2v) is 7.35. The van der Waals surface area contributed by atoms with E-state index in [0.717, 1.165) is 15.9 Å². The van der Waals surface area contributed by atoms with Crippen LogP contribution in [0.15, 0.2) is 33.2 Å². The summed E-state index contributed by atoms with van der Waals surface area (Å²) >= 11 is 6.96. The summed E-state index contributed by atoms with van der Waals surface area (Å²) in [5.41, 5.74) is 1.88. The number of methoxy groups -OCH3 is 1. The van der Waals surface area contributed by atoms with E-state index in [9.17, 15) is 4.79 Å². The first kappa shape index (κ1) is 16.2. The highest BCUT2D eigenvalue weighted by Crippen LogP contribution is 2.34. The fourth-order valence-electron chi connectivity index (χ4n) is 2.07. The minimum atomic E-state index is -0.457. The van der Waals surface area contributed by atoms with E-state index >= 15 is 0 Å². The van der Waals surface area contributed by atoms with Crippen molar-refractivity contribution in [2.24, 2.45) is 0 Å². The predicted octanol–water partition coefficient (Wildman–Crippen LogP) is 4.48. The van der Waals surface area contributed by atoms with Gasteiger partial charge in [0.2, 0.25) is 0 Å². The summed E-state index contributed by atoms with van der Waals surface area (Å²) in [7, 11) is 1.35. The third-order valence-corrected chi connectivity index (χ3v) is 4.21. The van der Waals surface area contributed by atoms with Crippen molar-refractivity contribution in [1.82, 2.24) is 9.78 Å². The van der Waals surface area contributed by atoms with Gasteiger partial charge in [0.1, 0.15) is 0 Å². The third kappa shape index (κ3) is 3.21. The van der Waals surface area contributed by atoms with E-state index in [1.54, 1.807) is 4.68 Å². The SMILES string of the molecule is COC(=O)c1nn(-c2cccc(Br)c2)c(C(C)(C)C)c1Br. The van der Waals surface area contributed by atoms with Crippen LogP contribution < -0.4 is 0 Å². The fraction of sp³-hybridized carbons (Fsp3) is 0.333. The lowest BCUT2D eigenvalue weighted by Crippen LogP contribution is -2.18. The van der Waals surface area contributed by atoms with E-state index in [-0.39, 0.29) is 11.1 Å². The zero-order valence-electron chi connectivity index (χ0n) is 12.3. The lowest BCUT2D eigenvalue weighted by Gasteiger charge is -2.21. The van der Waals surface area contributed by atoms with Gasteiger partial charge in [-0.15, -0.1) is 0 Å². The van der Waals surface area contributed by atoms with Crippen LogP contribution in [0.4, 0.5) is 0 Å². The van der Waals surface area contributed by atoms with Gasteiger partial charge in [0.15, 0.2) is 5.69 Å². The molecule has 4 nitrogen and oxygen atoms in total. The summed E-state index contributed by atoms with van der Waals surface area (Å²) in [6.07, 6.45) is 0. The molecule has 0 radical (unpaired) electrons. The van der Waals surface area contributed by atoms with Crippen molar-refractivity contribution in [2.75, 3.05) is 7.11 Å².